The number of ether oxygens (including phenoxy) is 1. The lowest BCUT2D eigenvalue weighted by Crippen LogP contribution is -2.37. The van der Waals surface area contributed by atoms with E-state index >= 15 is 0 Å². The lowest BCUT2D eigenvalue weighted by molar-refractivity contribution is 0.414. The van der Waals surface area contributed by atoms with Crippen LogP contribution < -0.4 is 9.64 Å². The van der Waals surface area contributed by atoms with Crippen LogP contribution in [0.1, 0.15) is 28.4 Å². The molecule has 0 bridgehead atoms. The Morgan fingerprint density at radius 2 is 1.86 bits per heavy atom. The van der Waals surface area contributed by atoms with Crippen molar-refractivity contribution < 1.29 is 4.74 Å². The van der Waals surface area contributed by atoms with E-state index in [9.17, 15) is 0 Å². The Morgan fingerprint density at radius 1 is 1.07 bits per heavy atom. The first-order valence-electron chi connectivity index (χ1n) is 9.53. The molecule has 5 heteroatoms. The Hall–Kier alpha value is -3.34. The molecule has 140 valence electrons. The first-order chi connectivity index (χ1) is 13.7. The summed E-state index contributed by atoms with van der Waals surface area (Å²) < 4.78 is 5.35. The third kappa shape index (κ3) is 2.71. The predicted octanol–water partition coefficient (Wildman–Crippen LogP) is 4.43. The first kappa shape index (κ1) is 16.8. The van der Waals surface area contributed by atoms with Crippen molar-refractivity contribution in [3.63, 3.8) is 0 Å². The van der Waals surface area contributed by atoms with Gasteiger partial charge < -0.3 is 14.6 Å². The van der Waals surface area contributed by atoms with E-state index in [-0.39, 0.29) is 6.04 Å². The summed E-state index contributed by atoms with van der Waals surface area (Å²) in [5, 5.41) is 1.32. The highest BCUT2D eigenvalue weighted by Gasteiger charge is 2.33. The summed E-state index contributed by atoms with van der Waals surface area (Å²) >= 11 is 0. The highest BCUT2D eigenvalue weighted by Crippen LogP contribution is 2.40. The van der Waals surface area contributed by atoms with Crippen molar-refractivity contribution in [1.82, 2.24) is 15.0 Å². The standard InChI is InChI=1S/C23H22N4O/c1-15-4-9-20-19(14-15)18-10-13-27(23-24-11-3-12-25-23)22(21(18)26-20)16-5-7-17(28-2)8-6-16/h3-9,11-12,14,22,26H,10,13H2,1-2H3. The summed E-state index contributed by atoms with van der Waals surface area (Å²) in [6.45, 7) is 3.02. The second kappa shape index (κ2) is 6.68. The maximum atomic E-state index is 5.35. The van der Waals surface area contributed by atoms with E-state index in [2.05, 4.69) is 57.1 Å². The molecular weight excluding hydrogens is 348 g/mol. The van der Waals surface area contributed by atoms with Crippen molar-refractivity contribution >= 4 is 16.9 Å². The van der Waals surface area contributed by atoms with E-state index in [4.69, 9.17) is 4.74 Å². The predicted molar refractivity (Wildman–Crippen MR) is 111 cm³/mol. The second-order valence-corrected chi connectivity index (χ2v) is 7.23. The molecule has 1 unspecified atom stereocenters. The molecule has 1 N–H and O–H groups in total. The van der Waals surface area contributed by atoms with Crippen LogP contribution in [0, 0.1) is 6.92 Å². The third-order valence-electron chi connectivity index (χ3n) is 5.52. The number of nitrogens with one attached hydrogen (secondary N) is 1. The molecule has 0 aliphatic carbocycles. The molecular formula is C23H22N4O. The van der Waals surface area contributed by atoms with Crippen molar-refractivity contribution in [3.05, 3.63) is 83.3 Å². The van der Waals surface area contributed by atoms with Gasteiger partial charge in [0.25, 0.3) is 0 Å². The molecule has 1 aliphatic heterocycles. The van der Waals surface area contributed by atoms with Crippen molar-refractivity contribution in [2.45, 2.75) is 19.4 Å². The second-order valence-electron chi connectivity index (χ2n) is 7.23. The number of aromatic amines is 1. The average Bonchev–Trinajstić information content (AvgIpc) is 3.11. The third-order valence-corrected chi connectivity index (χ3v) is 5.52. The zero-order valence-electron chi connectivity index (χ0n) is 16.0. The number of hydrogen-bond donors (Lipinski definition) is 1. The van der Waals surface area contributed by atoms with Gasteiger partial charge in [-0.15, -0.1) is 0 Å². The number of H-pyrrole nitrogens is 1. The molecule has 2 aromatic carbocycles. The molecule has 0 saturated carbocycles. The van der Waals surface area contributed by atoms with Crippen LogP contribution >= 0.6 is 0 Å². The number of fused-ring (bicyclic) bond motifs is 3. The highest BCUT2D eigenvalue weighted by atomic mass is 16.5. The Kier molecular flexibility index (Phi) is 4.01. The van der Waals surface area contributed by atoms with Gasteiger partial charge in [-0.2, -0.15) is 0 Å². The van der Waals surface area contributed by atoms with Gasteiger partial charge in [-0.1, -0.05) is 23.8 Å². The Bertz CT molecular complexity index is 1120. The first-order valence-corrected chi connectivity index (χ1v) is 9.53. The molecule has 2 aromatic heterocycles. The number of benzene rings is 2. The molecule has 0 fully saturated rings. The van der Waals surface area contributed by atoms with E-state index in [0.29, 0.717) is 0 Å². The van der Waals surface area contributed by atoms with Crippen molar-refractivity contribution in [3.8, 4) is 5.75 Å². The fourth-order valence-electron chi connectivity index (χ4n) is 4.19. The van der Waals surface area contributed by atoms with Crippen LogP contribution in [-0.4, -0.2) is 28.6 Å². The number of aromatic nitrogens is 3. The SMILES string of the molecule is COc1ccc(C2c3[nH]c4ccc(C)cc4c3CCN2c2ncccn2)cc1. The molecule has 0 amide bonds. The Labute approximate surface area is 164 Å². The minimum atomic E-state index is 0.0322. The monoisotopic (exact) mass is 370 g/mol. The van der Waals surface area contributed by atoms with Gasteiger partial charge in [0.05, 0.1) is 13.2 Å². The van der Waals surface area contributed by atoms with Crippen molar-refractivity contribution in [1.29, 1.82) is 0 Å². The fraction of sp³-hybridized carbons (Fsp3) is 0.217. The molecule has 0 spiro atoms. The molecule has 3 heterocycles. The lowest BCUT2D eigenvalue weighted by Gasteiger charge is -2.36. The summed E-state index contributed by atoms with van der Waals surface area (Å²) in [6, 6.07) is 16.8. The normalized spacial score (nSPS) is 16.2. The summed E-state index contributed by atoms with van der Waals surface area (Å²) in [6.07, 6.45) is 4.57. The van der Waals surface area contributed by atoms with E-state index < -0.39 is 0 Å². The zero-order valence-corrected chi connectivity index (χ0v) is 16.0. The number of aryl methyl sites for hydroxylation is 1. The Balaban J connectivity index is 1.70. The number of methoxy groups -OCH3 is 1. The van der Waals surface area contributed by atoms with Gasteiger partial charge in [-0.3, -0.25) is 0 Å². The molecule has 5 nitrogen and oxygen atoms in total. The number of nitrogens with zero attached hydrogens (tertiary/aromatic N) is 3. The quantitative estimate of drug-likeness (QED) is 0.580. The largest absolute Gasteiger partial charge is 0.497 e. The smallest absolute Gasteiger partial charge is 0.226 e. The van der Waals surface area contributed by atoms with Gasteiger partial charge in [0.15, 0.2) is 0 Å². The molecule has 1 aliphatic rings. The van der Waals surface area contributed by atoms with Gasteiger partial charge in [-0.05, 0) is 54.8 Å². The molecule has 1 atom stereocenters. The van der Waals surface area contributed by atoms with Crippen LogP contribution in [0.5, 0.6) is 5.75 Å². The van der Waals surface area contributed by atoms with E-state index in [1.165, 1.54) is 33.3 Å². The topological polar surface area (TPSA) is 54.0 Å². The molecule has 0 radical (unpaired) electrons. The molecule has 5 rings (SSSR count). The summed E-state index contributed by atoms with van der Waals surface area (Å²) in [5.74, 6) is 1.61. The maximum absolute atomic E-state index is 5.35. The van der Waals surface area contributed by atoms with Gasteiger partial charge in [0.1, 0.15) is 5.75 Å². The average molecular weight is 370 g/mol. The van der Waals surface area contributed by atoms with Crippen LogP contribution in [0.2, 0.25) is 0 Å². The van der Waals surface area contributed by atoms with Crippen LogP contribution in [0.15, 0.2) is 60.9 Å². The molecule has 28 heavy (non-hydrogen) atoms. The fourth-order valence-corrected chi connectivity index (χ4v) is 4.19. The van der Waals surface area contributed by atoms with Gasteiger partial charge in [0, 0.05) is 35.5 Å². The van der Waals surface area contributed by atoms with Crippen molar-refractivity contribution in [2.24, 2.45) is 0 Å². The van der Waals surface area contributed by atoms with Gasteiger partial charge >= 0.3 is 0 Å². The maximum Gasteiger partial charge on any atom is 0.226 e. The van der Waals surface area contributed by atoms with Gasteiger partial charge in [-0.25, -0.2) is 9.97 Å². The Morgan fingerprint density at radius 3 is 2.61 bits per heavy atom. The number of rotatable bonds is 3. The summed E-state index contributed by atoms with van der Waals surface area (Å²) in [4.78, 5) is 15.0. The van der Waals surface area contributed by atoms with E-state index in [1.807, 2.05) is 18.2 Å². The van der Waals surface area contributed by atoms with Crippen LogP contribution in [-0.2, 0) is 6.42 Å². The summed E-state index contributed by atoms with van der Waals surface area (Å²) in [5.41, 5.74) is 6.28. The number of anilines is 1. The summed E-state index contributed by atoms with van der Waals surface area (Å²) in [7, 11) is 1.69. The van der Waals surface area contributed by atoms with E-state index in [1.54, 1.807) is 19.5 Å². The minimum absolute atomic E-state index is 0.0322. The molecule has 4 aromatic rings. The number of hydrogen-bond acceptors (Lipinski definition) is 4. The van der Waals surface area contributed by atoms with Crippen LogP contribution in [0.4, 0.5) is 5.95 Å². The minimum Gasteiger partial charge on any atom is -0.497 e. The van der Waals surface area contributed by atoms with Gasteiger partial charge in [0.2, 0.25) is 5.95 Å². The lowest BCUT2D eigenvalue weighted by atomic mass is 9.92. The van der Waals surface area contributed by atoms with E-state index in [0.717, 1.165) is 24.7 Å². The highest BCUT2D eigenvalue weighted by molar-refractivity contribution is 5.86. The van der Waals surface area contributed by atoms with Crippen LogP contribution in [0.25, 0.3) is 10.9 Å². The van der Waals surface area contributed by atoms with Crippen LogP contribution in [0.3, 0.4) is 0 Å². The zero-order chi connectivity index (χ0) is 19.1. The molecule has 0 saturated heterocycles. The van der Waals surface area contributed by atoms with Crippen molar-refractivity contribution in [2.75, 3.05) is 18.6 Å².